The van der Waals surface area contributed by atoms with Crippen LogP contribution in [0.4, 0.5) is 11.4 Å². The van der Waals surface area contributed by atoms with Crippen LogP contribution in [0, 0.1) is 0 Å². The number of nitrogens with one attached hydrogen (secondary N) is 1. The summed E-state index contributed by atoms with van der Waals surface area (Å²) >= 11 is 0. The van der Waals surface area contributed by atoms with Crippen LogP contribution in [0.15, 0.2) is 54.6 Å². The van der Waals surface area contributed by atoms with Gasteiger partial charge >= 0.3 is 0 Å². The highest BCUT2D eigenvalue weighted by Crippen LogP contribution is 2.36. The van der Waals surface area contributed by atoms with E-state index in [4.69, 9.17) is 4.74 Å². The molecule has 2 fully saturated rings. The van der Waals surface area contributed by atoms with E-state index in [1.807, 2.05) is 59.5 Å². The van der Waals surface area contributed by atoms with E-state index in [1.165, 1.54) is 0 Å². The van der Waals surface area contributed by atoms with Gasteiger partial charge in [0.25, 0.3) is 0 Å². The summed E-state index contributed by atoms with van der Waals surface area (Å²) in [4.78, 5) is 27.5. The lowest BCUT2D eigenvalue weighted by Gasteiger charge is -2.36. The molecule has 0 unspecified atom stereocenters. The molecule has 28 heavy (non-hydrogen) atoms. The Morgan fingerprint density at radius 2 is 1.79 bits per heavy atom. The fourth-order valence-electron chi connectivity index (χ4n) is 4.21. The molecule has 2 aromatic carbocycles. The molecule has 0 radical (unpaired) electrons. The summed E-state index contributed by atoms with van der Waals surface area (Å²) in [7, 11) is 0. The van der Waals surface area contributed by atoms with Crippen LogP contribution in [0.3, 0.4) is 0 Å². The summed E-state index contributed by atoms with van der Waals surface area (Å²) in [6.07, 6.45) is 3.88. The number of nitrogens with zero attached hydrogens (tertiary/aromatic N) is 1. The van der Waals surface area contributed by atoms with E-state index in [2.05, 4.69) is 5.32 Å². The van der Waals surface area contributed by atoms with Crippen LogP contribution in [0.2, 0.25) is 0 Å². The molecule has 0 aromatic heterocycles. The molecule has 4 rings (SSSR count). The average molecular weight is 378 g/mol. The number of amides is 2. The predicted molar refractivity (Wildman–Crippen MR) is 109 cm³/mol. The third-order valence-electron chi connectivity index (χ3n) is 5.85. The predicted octanol–water partition coefficient (Wildman–Crippen LogP) is 3.89. The first-order chi connectivity index (χ1) is 13.7. The molecular weight excluding hydrogens is 352 g/mol. The summed E-state index contributed by atoms with van der Waals surface area (Å²) < 4.78 is 5.53. The Balaban J connectivity index is 1.58. The van der Waals surface area contributed by atoms with Crippen molar-refractivity contribution >= 4 is 23.2 Å². The Kier molecular flexibility index (Phi) is 5.44. The van der Waals surface area contributed by atoms with Crippen molar-refractivity contribution < 1.29 is 14.3 Å². The van der Waals surface area contributed by atoms with Crippen molar-refractivity contribution in [3.8, 4) is 0 Å². The summed E-state index contributed by atoms with van der Waals surface area (Å²) in [6, 6.07) is 17.6. The molecule has 2 saturated heterocycles. The molecule has 2 aliphatic heterocycles. The first-order valence-electron chi connectivity index (χ1n) is 10.0. The topological polar surface area (TPSA) is 58.6 Å². The molecule has 146 valence electrons. The van der Waals surface area contributed by atoms with Gasteiger partial charge in [0.1, 0.15) is 0 Å². The van der Waals surface area contributed by atoms with Crippen molar-refractivity contribution in [1.29, 1.82) is 0 Å². The smallest absolute Gasteiger partial charge is 0.235 e. The molecule has 0 spiro atoms. The van der Waals surface area contributed by atoms with Crippen LogP contribution in [-0.4, -0.2) is 31.6 Å². The quantitative estimate of drug-likeness (QED) is 0.878. The molecule has 0 saturated carbocycles. The van der Waals surface area contributed by atoms with Gasteiger partial charge in [0.05, 0.1) is 5.41 Å². The van der Waals surface area contributed by atoms with E-state index in [1.54, 1.807) is 0 Å². The van der Waals surface area contributed by atoms with E-state index in [0.29, 0.717) is 32.5 Å². The number of piperidine rings is 1. The van der Waals surface area contributed by atoms with Gasteiger partial charge < -0.3 is 15.0 Å². The van der Waals surface area contributed by atoms with Crippen LogP contribution in [0.5, 0.6) is 0 Å². The second kappa shape index (κ2) is 8.15. The standard InChI is InChI=1S/C23H26N2O3/c26-21-11-4-5-14-25(21)20-10-6-9-19(17-20)24-22(27)23(12-15-28-16-13-23)18-7-2-1-3-8-18/h1-3,6-10,17H,4-5,11-16H2,(H,24,27). The first-order valence-corrected chi connectivity index (χ1v) is 10.0. The highest BCUT2D eigenvalue weighted by Gasteiger charge is 2.41. The molecule has 2 heterocycles. The van der Waals surface area contributed by atoms with Crippen molar-refractivity contribution in [2.75, 3.05) is 30.0 Å². The number of benzene rings is 2. The SMILES string of the molecule is O=C1CCCCN1c1cccc(NC(=O)C2(c3ccccc3)CCOCC2)c1. The molecule has 0 atom stereocenters. The Morgan fingerprint density at radius 1 is 1.00 bits per heavy atom. The van der Waals surface area contributed by atoms with Crippen LogP contribution in [0.25, 0.3) is 0 Å². The van der Waals surface area contributed by atoms with E-state index in [9.17, 15) is 9.59 Å². The number of rotatable bonds is 4. The van der Waals surface area contributed by atoms with Gasteiger partial charge in [0.2, 0.25) is 11.8 Å². The largest absolute Gasteiger partial charge is 0.381 e. The van der Waals surface area contributed by atoms with Crippen molar-refractivity contribution in [1.82, 2.24) is 0 Å². The van der Waals surface area contributed by atoms with Gasteiger partial charge in [0, 0.05) is 37.6 Å². The molecule has 0 aliphatic carbocycles. The van der Waals surface area contributed by atoms with Crippen LogP contribution >= 0.6 is 0 Å². The van der Waals surface area contributed by atoms with Gasteiger partial charge in [-0.2, -0.15) is 0 Å². The van der Waals surface area contributed by atoms with Gasteiger partial charge in [0.15, 0.2) is 0 Å². The summed E-state index contributed by atoms with van der Waals surface area (Å²) in [5.74, 6) is 0.143. The lowest BCUT2D eigenvalue weighted by atomic mass is 9.73. The number of carbonyl (C=O) groups is 2. The Hall–Kier alpha value is -2.66. The zero-order chi connectivity index (χ0) is 19.4. The molecule has 2 aliphatic rings. The molecular formula is C23H26N2O3. The first kappa shape index (κ1) is 18.7. The van der Waals surface area contributed by atoms with E-state index < -0.39 is 5.41 Å². The summed E-state index contributed by atoms with van der Waals surface area (Å²) in [5.41, 5.74) is 2.01. The third kappa shape index (κ3) is 3.67. The monoisotopic (exact) mass is 378 g/mol. The lowest BCUT2D eigenvalue weighted by molar-refractivity contribution is -0.125. The summed E-state index contributed by atoms with van der Waals surface area (Å²) in [6.45, 7) is 1.89. The molecule has 0 bridgehead atoms. The maximum absolute atomic E-state index is 13.4. The molecule has 2 amide bonds. The normalized spacial score (nSPS) is 19.3. The maximum atomic E-state index is 13.4. The van der Waals surface area contributed by atoms with Crippen LogP contribution in [0.1, 0.15) is 37.7 Å². The molecule has 1 N–H and O–H groups in total. The summed E-state index contributed by atoms with van der Waals surface area (Å²) in [5, 5.41) is 3.11. The van der Waals surface area contributed by atoms with Crippen molar-refractivity contribution in [2.24, 2.45) is 0 Å². The Morgan fingerprint density at radius 3 is 2.54 bits per heavy atom. The van der Waals surface area contributed by atoms with E-state index >= 15 is 0 Å². The van der Waals surface area contributed by atoms with Crippen LogP contribution in [-0.2, 0) is 19.7 Å². The maximum Gasteiger partial charge on any atom is 0.235 e. The Bertz CT molecular complexity index is 844. The molecule has 2 aromatic rings. The number of hydrogen-bond acceptors (Lipinski definition) is 3. The zero-order valence-corrected chi connectivity index (χ0v) is 16.0. The van der Waals surface area contributed by atoms with E-state index in [-0.39, 0.29) is 11.8 Å². The fourth-order valence-corrected chi connectivity index (χ4v) is 4.21. The minimum Gasteiger partial charge on any atom is -0.381 e. The number of ether oxygens (including phenoxy) is 1. The second-order valence-corrected chi connectivity index (χ2v) is 7.57. The van der Waals surface area contributed by atoms with Crippen LogP contribution < -0.4 is 10.2 Å². The highest BCUT2D eigenvalue weighted by molar-refractivity contribution is 6.00. The molecule has 5 heteroatoms. The number of hydrogen-bond donors (Lipinski definition) is 1. The minimum atomic E-state index is -0.587. The minimum absolute atomic E-state index is 0.0101. The van der Waals surface area contributed by atoms with Gasteiger partial charge in [-0.1, -0.05) is 36.4 Å². The van der Waals surface area contributed by atoms with Crippen molar-refractivity contribution in [3.05, 3.63) is 60.2 Å². The van der Waals surface area contributed by atoms with Crippen molar-refractivity contribution in [3.63, 3.8) is 0 Å². The highest BCUT2D eigenvalue weighted by atomic mass is 16.5. The second-order valence-electron chi connectivity index (χ2n) is 7.57. The third-order valence-corrected chi connectivity index (χ3v) is 5.85. The average Bonchev–Trinajstić information content (AvgIpc) is 2.75. The van der Waals surface area contributed by atoms with Gasteiger partial charge in [-0.3, -0.25) is 9.59 Å². The molecule has 5 nitrogen and oxygen atoms in total. The lowest BCUT2D eigenvalue weighted by Crippen LogP contribution is -2.44. The number of anilines is 2. The Labute approximate surface area is 165 Å². The van der Waals surface area contributed by atoms with Gasteiger partial charge in [-0.05, 0) is 49.4 Å². The van der Waals surface area contributed by atoms with Crippen molar-refractivity contribution in [2.45, 2.75) is 37.5 Å². The van der Waals surface area contributed by atoms with E-state index in [0.717, 1.165) is 36.3 Å². The number of carbonyl (C=O) groups excluding carboxylic acids is 2. The van der Waals surface area contributed by atoms with Gasteiger partial charge in [-0.15, -0.1) is 0 Å². The van der Waals surface area contributed by atoms with Gasteiger partial charge in [-0.25, -0.2) is 0 Å². The zero-order valence-electron chi connectivity index (χ0n) is 16.0. The fraction of sp³-hybridized carbons (Fsp3) is 0.391.